The largest absolute Gasteiger partial charge is 0.491 e. The van der Waals surface area contributed by atoms with E-state index in [1.165, 1.54) is 6.92 Å². The first-order chi connectivity index (χ1) is 23.5. The van der Waals surface area contributed by atoms with Crippen LogP contribution in [0.5, 0.6) is 11.5 Å². The standard InChI is InChI=1S/C35H35Cl4N4O6/c1-23(44)42-11-13-43(14-12-42)27-4-6-28(7-5-27)46-19-29-20-47-35(49-29,30-8-3-26(36)17-31(30)37)21-41-10-9-40(22-41)18-25-15-32(38)34(33(39)16-25)48-24(2)45/h3-10,15-17,22,29H,11-14,18-21H2,1-2H3/q+1. The maximum atomic E-state index is 11.7. The van der Waals surface area contributed by atoms with Crippen LogP contribution in [0, 0.1) is 0 Å². The van der Waals surface area contributed by atoms with Gasteiger partial charge < -0.3 is 28.7 Å². The topological polar surface area (TPSA) is 86.4 Å². The quantitative estimate of drug-likeness (QED) is 0.106. The third-order valence-electron chi connectivity index (χ3n) is 8.37. The van der Waals surface area contributed by atoms with Crippen LogP contribution in [0.15, 0.2) is 73.3 Å². The average Bonchev–Trinajstić information content (AvgIpc) is 3.68. The monoisotopic (exact) mass is 747 g/mol. The summed E-state index contributed by atoms with van der Waals surface area (Å²) in [5.41, 5.74) is 2.55. The van der Waals surface area contributed by atoms with Gasteiger partial charge >= 0.3 is 5.97 Å². The number of esters is 1. The van der Waals surface area contributed by atoms with Gasteiger partial charge in [-0.05, 0) is 54.1 Å². The second-order valence-electron chi connectivity index (χ2n) is 12.0. The van der Waals surface area contributed by atoms with Gasteiger partial charge in [-0.25, -0.2) is 9.13 Å². The van der Waals surface area contributed by atoms with Gasteiger partial charge in [-0.2, -0.15) is 0 Å². The van der Waals surface area contributed by atoms with Crippen molar-refractivity contribution < 1.29 is 33.1 Å². The second kappa shape index (κ2) is 15.2. The zero-order valence-electron chi connectivity index (χ0n) is 26.9. The van der Waals surface area contributed by atoms with Crippen molar-refractivity contribution in [3.63, 3.8) is 0 Å². The molecule has 6 rings (SSSR count). The minimum Gasteiger partial charge on any atom is -0.491 e. The second-order valence-corrected chi connectivity index (χ2v) is 13.6. The molecule has 10 nitrogen and oxygen atoms in total. The number of halogens is 4. The molecule has 258 valence electrons. The van der Waals surface area contributed by atoms with Crippen molar-refractivity contribution in [3.8, 4) is 11.5 Å². The summed E-state index contributed by atoms with van der Waals surface area (Å²) in [6, 6.07) is 16.6. The molecule has 2 aliphatic rings. The van der Waals surface area contributed by atoms with Gasteiger partial charge in [-0.3, -0.25) is 9.59 Å². The highest BCUT2D eigenvalue weighted by Gasteiger charge is 2.47. The van der Waals surface area contributed by atoms with Crippen molar-refractivity contribution in [2.24, 2.45) is 0 Å². The molecule has 0 aliphatic carbocycles. The minimum absolute atomic E-state index is 0.110. The number of ether oxygens (including phenoxy) is 4. The van der Waals surface area contributed by atoms with Gasteiger partial charge in [-0.1, -0.05) is 52.5 Å². The Balaban J connectivity index is 1.12. The van der Waals surface area contributed by atoms with E-state index in [0.29, 0.717) is 41.0 Å². The molecule has 0 bridgehead atoms. The predicted molar refractivity (Wildman–Crippen MR) is 187 cm³/mol. The lowest BCUT2D eigenvalue weighted by Crippen LogP contribution is -2.48. The number of carbonyl (C=O) groups is 2. The zero-order chi connectivity index (χ0) is 34.7. The van der Waals surface area contributed by atoms with Crippen LogP contribution in [0.2, 0.25) is 20.1 Å². The first-order valence-corrected chi connectivity index (χ1v) is 17.2. The van der Waals surface area contributed by atoms with E-state index in [2.05, 4.69) is 4.90 Å². The van der Waals surface area contributed by atoms with Gasteiger partial charge in [0.2, 0.25) is 18.0 Å². The van der Waals surface area contributed by atoms with Crippen molar-refractivity contribution >= 4 is 64.0 Å². The Hall–Kier alpha value is -3.51. The summed E-state index contributed by atoms with van der Waals surface area (Å²) in [4.78, 5) is 27.2. The molecule has 14 heteroatoms. The molecule has 2 aliphatic heterocycles. The first kappa shape index (κ1) is 35.3. The van der Waals surface area contributed by atoms with Crippen LogP contribution < -0.4 is 18.9 Å². The molecule has 0 N–H and O–H groups in total. The van der Waals surface area contributed by atoms with E-state index in [-0.39, 0.29) is 47.6 Å². The molecule has 2 fully saturated rings. The summed E-state index contributed by atoms with van der Waals surface area (Å²) in [5.74, 6) is -0.759. The molecular weight excluding hydrogens is 714 g/mol. The highest BCUT2D eigenvalue weighted by molar-refractivity contribution is 6.37. The van der Waals surface area contributed by atoms with Crippen LogP contribution in [0.3, 0.4) is 0 Å². The number of hydrogen-bond donors (Lipinski definition) is 0. The van der Waals surface area contributed by atoms with Gasteiger partial charge in [-0.15, -0.1) is 0 Å². The molecule has 1 aromatic heterocycles. The number of rotatable bonds is 10. The molecule has 2 atom stereocenters. The lowest BCUT2D eigenvalue weighted by Gasteiger charge is -2.35. The molecular formula is C35H35Cl4N4O6+. The van der Waals surface area contributed by atoms with Crippen molar-refractivity contribution in [1.29, 1.82) is 0 Å². The highest BCUT2D eigenvalue weighted by Crippen LogP contribution is 2.41. The van der Waals surface area contributed by atoms with Crippen molar-refractivity contribution in [2.75, 3.05) is 44.3 Å². The van der Waals surface area contributed by atoms with Crippen molar-refractivity contribution in [2.45, 2.75) is 38.8 Å². The van der Waals surface area contributed by atoms with E-state index in [4.69, 9.17) is 65.4 Å². The van der Waals surface area contributed by atoms with Gasteiger partial charge in [0.05, 0.1) is 21.7 Å². The molecule has 4 aromatic rings. The van der Waals surface area contributed by atoms with E-state index in [1.54, 1.807) is 31.2 Å². The molecule has 49 heavy (non-hydrogen) atoms. The summed E-state index contributed by atoms with van der Waals surface area (Å²) in [5, 5.41) is 1.42. The fourth-order valence-corrected chi connectivity index (χ4v) is 7.16. The average molecular weight is 749 g/mol. The molecule has 0 radical (unpaired) electrons. The smallest absolute Gasteiger partial charge is 0.308 e. The van der Waals surface area contributed by atoms with Crippen LogP contribution in [-0.4, -0.2) is 66.8 Å². The number of piperazine rings is 1. The van der Waals surface area contributed by atoms with Crippen LogP contribution in [0.25, 0.3) is 0 Å². The summed E-state index contributed by atoms with van der Waals surface area (Å²) in [6.07, 6.45) is 5.33. The zero-order valence-corrected chi connectivity index (χ0v) is 29.9. The molecule has 0 spiro atoms. The summed E-state index contributed by atoms with van der Waals surface area (Å²) >= 11 is 25.6. The van der Waals surface area contributed by atoms with Crippen molar-refractivity contribution in [1.82, 2.24) is 9.47 Å². The Morgan fingerprint density at radius 1 is 0.939 bits per heavy atom. The van der Waals surface area contributed by atoms with Gasteiger partial charge in [0.15, 0.2) is 5.75 Å². The van der Waals surface area contributed by atoms with Crippen LogP contribution in [0.4, 0.5) is 5.69 Å². The summed E-state index contributed by atoms with van der Waals surface area (Å²) in [6.45, 7) is 7.19. The summed E-state index contributed by atoms with van der Waals surface area (Å²) < 4.78 is 28.2. The Morgan fingerprint density at radius 3 is 2.31 bits per heavy atom. The third-order valence-corrected chi connectivity index (χ3v) is 9.48. The van der Waals surface area contributed by atoms with E-state index in [9.17, 15) is 9.59 Å². The van der Waals surface area contributed by atoms with Crippen LogP contribution in [-0.2, 0) is 37.9 Å². The number of hydrogen-bond acceptors (Lipinski definition) is 7. The van der Waals surface area contributed by atoms with E-state index in [0.717, 1.165) is 24.3 Å². The fraction of sp³-hybridized carbons (Fsp3) is 0.343. The highest BCUT2D eigenvalue weighted by atomic mass is 35.5. The third kappa shape index (κ3) is 8.45. The number of carbonyl (C=O) groups excluding carboxylic acids is 2. The lowest BCUT2D eigenvalue weighted by molar-refractivity contribution is -0.688. The minimum atomic E-state index is -1.21. The van der Waals surface area contributed by atoms with E-state index < -0.39 is 11.8 Å². The maximum absolute atomic E-state index is 11.7. The molecule has 0 saturated carbocycles. The van der Waals surface area contributed by atoms with E-state index >= 15 is 0 Å². The van der Waals surface area contributed by atoms with Gasteiger partial charge in [0.1, 0.15) is 43.9 Å². The fourth-order valence-electron chi connectivity index (χ4n) is 6.00. The number of anilines is 1. The predicted octanol–water partition coefficient (Wildman–Crippen LogP) is 6.38. The number of aromatic nitrogens is 2. The number of benzene rings is 3. The SMILES string of the molecule is CC(=O)Oc1c(Cl)cc(C[n+]2ccn(CC3(c4ccc(Cl)cc4Cl)OCC(COc4ccc(N5CCN(C(C)=O)CC5)cc4)O3)c2)cc1Cl. The van der Waals surface area contributed by atoms with Gasteiger partial charge in [0, 0.05) is 56.3 Å². The molecule has 3 heterocycles. The Morgan fingerprint density at radius 2 is 1.65 bits per heavy atom. The Bertz CT molecular complexity index is 1810. The van der Waals surface area contributed by atoms with Crippen LogP contribution in [0.1, 0.15) is 25.0 Å². The molecule has 2 saturated heterocycles. The van der Waals surface area contributed by atoms with Crippen molar-refractivity contribution in [3.05, 3.63) is 105 Å². The number of amides is 1. The molecule has 2 unspecified atom stereocenters. The lowest BCUT2D eigenvalue weighted by atomic mass is 10.1. The molecule has 1 amide bonds. The molecule has 3 aromatic carbocycles. The number of nitrogens with zero attached hydrogens (tertiary/aromatic N) is 4. The normalized spacial score (nSPS) is 19.3. The Labute approximate surface area is 304 Å². The summed E-state index contributed by atoms with van der Waals surface area (Å²) in [7, 11) is 0. The van der Waals surface area contributed by atoms with Crippen LogP contribution >= 0.6 is 46.4 Å². The van der Waals surface area contributed by atoms with Gasteiger partial charge in [0.25, 0.3) is 0 Å². The Kier molecular flexibility index (Phi) is 10.9. The number of imidazole rings is 1. The maximum Gasteiger partial charge on any atom is 0.308 e. The van der Waals surface area contributed by atoms with E-state index in [1.807, 2.05) is 63.1 Å². The first-order valence-electron chi connectivity index (χ1n) is 15.7.